The van der Waals surface area contributed by atoms with Gasteiger partial charge in [-0.15, -0.1) is 12.4 Å². The van der Waals surface area contributed by atoms with Crippen molar-refractivity contribution in [2.24, 2.45) is 0 Å². The SMILES string of the molecule is C1CNCC(OCCc2noc(C3CC3)n2)C1.Cl. The first-order valence-electron chi connectivity index (χ1n) is 6.56. The lowest BCUT2D eigenvalue weighted by Gasteiger charge is -2.22. The number of hydrogen-bond donors (Lipinski definition) is 1. The second-order valence-electron chi connectivity index (χ2n) is 4.91. The van der Waals surface area contributed by atoms with Gasteiger partial charge in [-0.25, -0.2) is 0 Å². The van der Waals surface area contributed by atoms with E-state index in [1.165, 1.54) is 19.3 Å². The summed E-state index contributed by atoms with van der Waals surface area (Å²) >= 11 is 0. The molecular weight excluding hydrogens is 254 g/mol. The summed E-state index contributed by atoms with van der Waals surface area (Å²) in [4.78, 5) is 4.38. The molecule has 6 heteroatoms. The van der Waals surface area contributed by atoms with E-state index in [1.54, 1.807) is 0 Å². The van der Waals surface area contributed by atoms with Gasteiger partial charge in [-0.05, 0) is 32.2 Å². The summed E-state index contributed by atoms with van der Waals surface area (Å²) in [6.45, 7) is 2.78. The Labute approximate surface area is 113 Å². The van der Waals surface area contributed by atoms with E-state index >= 15 is 0 Å². The highest BCUT2D eigenvalue weighted by Gasteiger charge is 2.29. The van der Waals surface area contributed by atoms with Crippen LogP contribution in [-0.2, 0) is 11.2 Å². The first-order valence-corrected chi connectivity index (χ1v) is 6.56. The zero-order valence-corrected chi connectivity index (χ0v) is 11.2. The zero-order chi connectivity index (χ0) is 11.5. The van der Waals surface area contributed by atoms with E-state index in [-0.39, 0.29) is 12.4 Å². The fraction of sp³-hybridized carbons (Fsp3) is 0.833. The summed E-state index contributed by atoms with van der Waals surface area (Å²) in [5.74, 6) is 2.15. The monoisotopic (exact) mass is 273 g/mol. The van der Waals surface area contributed by atoms with Crippen molar-refractivity contribution in [2.45, 2.75) is 44.1 Å². The Bertz CT molecular complexity index is 362. The standard InChI is InChI=1S/C12H19N3O2.ClH/c1-2-10(8-13-6-1)16-7-5-11-14-12(17-15-11)9-3-4-9;/h9-10,13H,1-8H2;1H. The van der Waals surface area contributed by atoms with Crippen LogP contribution in [0, 0.1) is 0 Å². The Morgan fingerprint density at radius 3 is 2.94 bits per heavy atom. The van der Waals surface area contributed by atoms with Crippen LogP contribution in [0.5, 0.6) is 0 Å². The van der Waals surface area contributed by atoms with E-state index in [0.717, 1.165) is 37.6 Å². The maximum atomic E-state index is 5.79. The molecule has 102 valence electrons. The normalized spacial score (nSPS) is 23.7. The first-order chi connectivity index (χ1) is 8.42. The van der Waals surface area contributed by atoms with Crippen molar-refractivity contribution in [1.82, 2.24) is 15.5 Å². The second-order valence-corrected chi connectivity index (χ2v) is 4.91. The number of piperidine rings is 1. The van der Waals surface area contributed by atoms with Crippen LogP contribution in [0.1, 0.15) is 43.3 Å². The molecule has 1 aliphatic heterocycles. The van der Waals surface area contributed by atoms with Crippen LogP contribution in [0.25, 0.3) is 0 Å². The summed E-state index contributed by atoms with van der Waals surface area (Å²) in [5.41, 5.74) is 0. The Morgan fingerprint density at radius 1 is 1.33 bits per heavy atom. The highest BCUT2D eigenvalue weighted by Crippen LogP contribution is 2.38. The fourth-order valence-corrected chi connectivity index (χ4v) is 2.14. The molecule has 2 fully saturated rings. The largest absolute Gasteiger partial charge is 0.376 e. The number of ether oxygens (including phenoxy) is 1. The molecular formula is C12H20ClN3O2. The molecule has 0 radical (unpaired) electrons. The van der Waals surface area contributed by atoms with E-state index in [9.17, 15) is 0 Å². The van der Waals surface area contributed by atoms with Gasteiger partial charge in [0.05, 0.1) is 12.7 Å². The Balaban J connectivity index is 0.00000120. The van der Waals surface area contributed by atoms with Gasteiger partial charge in [-0.2, -0.15) is 4.98 Å². The molecule has 0 amide bonds. The molecule has 1 atom stereocenters. The van der Waals surface area contributed by atoms with Crippen molar-refractivity contribution in [2.75, 3.05) is 19.7 Å². The lowest BCUT2D eigenvalue weighted by atomic mass is 10.1. The number of rotatable bonds is 5. The van der Waals surface area contributed by atoms with Crippen molar-refractivity contribution < 1.29 is 9.26 Å². The molecule has 0 bridgehead atoms. The number of aromatic nitrogens is 2. The van der Waals surface area contributed by atoms with Gasteiger partial charge in [0, 0.05) is 18.9 Å². The van der Waals surface area contributed by atoms with Gasteiger partial charge in [0.15, 0.2) is 5.82 Å². The lowest BCUT2D eigenvalue weighted by molar-refractivity contribution is 0.0381. The highest BCUT2D eigenvalue weighted by atomic mass is 35.5. The molecule has 18 heavy (non-hydrogen) atoms. The maximum absolute atomic E-state index is 5.79. The number of hydrogen-bond acceptors (Lipinski definition) is 5. The van der Waals surface area contributed by atoms with Crippen molar-refractivity contribution in [3.8, 4) is 0 Å². The quantitative estimate of drug-likeness (QED) is 0.884. The molecule has 2 aliphatic rings. The predicted octanol–water partition coefficient (Wildman–Crippen LogP) is 1.68. The van der Waals surface area contributed by atoms with E-state index in [0.29, 0.717) is 18.6 Å². The predicted molar refractivity (Wildman–Crippen MR) is 69.1 cm³/mol. The average Bonchev–Trinajstić information content (AvgIpc) is 3.11. The molecule has 3 rings (SSSR count). The first kappa shape index (κ1) is 13.8. The highest BCUT2D eigenvalue weighted by molar-refractivity contribution is 5.85. The molecule has 0 spiro atoms. The van der Waals surface area contributed by atoms with Gasteiger partial charge in [-0.3, -0.25) is 0 Å². The van der Waals surface area contributed by atoms with Gasteiger partial charge >= 0.3 is 0 Å². The van der Waals surface area contributed by atoms with Crippen LogP contribution in [0.4, 0.5) is 0 Å². The van der Waals surface area contributed by atoms with Crippen LogP contribution in [0.2, 0.25) is 0 Å². The molecule has 1 saturated heterocycles. The van der Waals surface area contributed by atoms with Crippen molar-refractivity contribution >= 4 is 12.4 Å². The molecule has 1 unspecified atom stereocenters. The van der Waals surface area contributed by atoms with Gasteiger partial charge in [0.1, 0.15) is 0 Å². The number of nitrogens with one attached hydrogen (secondary N) is 1. The van der Waals surface area contributed by atoms with Crippen LogP contribution in [0.3, 0.4) is 0 Å². The Hall–Kier alpha value is -0.650. The third kappa shape index (κ3) is 3.67. The Morgan fingerprint density at radius 2 is 2.22 bits per heavy atom. The van der Waals surface area contributed by atoms with Crippen molar-refractivity contribution in [1.29, 1.82) is 0 Å². The fourth-order valence-electron chi connectivity index (χ4n) is 2.14. The lowest BCUT2D eigenvalue weighted by Crippen LogP contribution is -2.35. The maximum Gasteiger partial charge on any atom is 0.229 e. The number of nitrogens with zero attached hydrogens (tertiary/aromatic N) is 2. The van der Waals surface area contributed by atoms with Gasteiger partial charge in [0.25, 0.3) is 0 Å². The van der Waals surface area contributed by atoms with Crippen LogP contribution < -0.4 is 5.32 Å². The summed E-state index contributed by atoms with van der Waals surface area (Å²) < 4.78 is 11.0. The minimum Gasteiger partial charge on any atom is -0.376 e. The van der Waals surface area contributed by atoms with E-state index < -0.39 is 0 Å². The molecule has 5 nitrogen and oxygen atoms in total. The molecule has 1 aromatic rings. The number of halogens is 1. The third-order valence-electron chi connectivity index (χ3n) is 3.34. The molecule has 1 aliphatic carbocycles. The third-order valence-corrected chi connectivity index (χ3v) is 3.34. The molecule has 1 N–H and O–H groups in total. The van der Waals surface area contributed by atoms with Gasteiger partial charge < -0.3 is 14.6 Å². The zero-order valence-electron chi connectivity index (χ0n) is 10.4. The van der Waals surface area contributed by atoms with E-state index in [1.807, 2.05) is 0 Å². The second kappa shape index (κ2) is 6.50. The van der Waals surface area contributed by atoms with Crippen molar-refractivity contribution in [3.63, 3.8) is 0 Å². The summed E-state index contributed by atoms with van der Waals surface area (Å²) in [6, 6.07) is 0. The van der Waals surface area contributed by atoms with Crippen LogP contribution in [0.15, 0.2) is 4.52 Å². The topological polar surface area (TPSA) is 60.2 Å². The smallest absolute Gasteiger partial charge is 0.229 e. The minimum atomic E-state index is 0. The van der Waals surface area contributed by atoms with E-state index in [2.05, 4.69) is 15.5 Å². The van der Waals surface area contributed by atoms with Gasteiger partial charge in [-0.1, -0.05) is 5.16 Å². The summed E-state index contributed by atoms with van der Waals surface area (Å²) in [5, 5.41) is 7.31. The molecule has 1 saturated carbocycles. The van der Waals surface area contributed by atoms with Gasteiger partial charge in [0.2, 0.25) is 5.89 Å². The molecule has 2 heterocycles. The van der Waals surface area contributed by atoms with Crippen LogP contribution >= 0.6 is 12.4 Å². The minimum absolute atomic E-state index is 0. The molecule has 0 aromatic carbocycles. The average molecular weight is 274 g/mol. The summed E-state index contributed by atoms with van der Waals surface area (Å²) in [7, 11) is 0. The van der Waals surface area contributed by atoms with E-state index in [4.69, 9.17) is 9.26 Å². The van der Waals surface area contributed by atoms with Crippen LogP contribution in [-0.4, -0.2) is 35.9 Å². The Kier molecular flexibility index (Phi) is 4.97. The van der Waals surface area contributed by atoms with Crippen molar-refractivity contribution in [3.05, 3.63) is 11.7 Å². The molecule has 1 aromatic heterocycles. The summed E-state index contributed by atoms with van der Waals surface area (Å²) in [6.07, 6.45) is 5.88.